The maximum atomic E-state index is 9.89. The van der Waals surface area contributed by atoms with Gasteiger partial charge >= 0.3 is 0 Å². The number of hydrogen-bond donors (Lipinski definition) is 2. The maximum absolute atomic E-state index is 9.89. The van der Waals surface area contributed by atoms with E-state index in [4.69, 9.17) is 9.47 Å². The van der Waals surface area contributed by atoms with Gasteiger partial charge in [-0.2, -0.15) is 4.98 Å². The quantitative estimate of drug-likeness (QED) is 0.829. The van der Waals surface area contributed by atoms with Crippen molar-refractivity contribution in [1.82, 2.24) is 19.5 Å². The lowest BCUT2D eigenvalue weighted by Crippen LogP contribution is -2.24. The van der Waals surface area contributed by atoms with Crippen molar-refractivity contribution in [3.8, 4) is 5.88 Å². The van der Waals surface area contributed by atoms with Crippen LogP contribution in [0.3, 0.4) is 0 Å². The molecule has 120 valence electrons. The van der Waals surface area contributed by atoms with Crippen LogP contribution in [0.1, 0.15) is 26.5 Å². The second kappa shape index (κ2) is 6.15. The number of imidazole rings is 1. The van der Waals surface area contributed by atoms with Gasteiger partial charge in [0.25, 0.3) is 0 Å². The predicted molar refractivity (Wildman–Crippen MR) is 77.3 cm³/mol. The number of aliphatic hydroxyl groups excluding tert-OH is 2. The van der Waals surface area contributed by atoms with E-state index in [1.165, 1.54) is 6.33 Å². The molecule has 0 amide bonds. The number of aromatic nitrogens is 4. The normalized spacial score (nSPS) is 25.2. The molecule has 3 rings (SSSR count). The molecule has 0 radical (unpaired) electrons. The molecule has 1 saturated heterocycles. The standard InChI is InChI=1S/C14H20N4O4/c1-8(2)5-21-14-12-13(15-6-16-14)17-7-18(12)11-3-9(20)10(4-19)22-11/h6-11,19-20H,3-5H2,1-2H3/t9-,10+,11+/m0/s1. The molecule has 2 aromatic rings. The van der Waals surface area contributed by atoms with Crippen LogP contribution >= 0.6 is 0 Å². The summed E-state index contributed by atoms with van der Waals surface area (Å²) in [7, 11) is 0. The van der Waals surface area contributed by atoms with Gasteiger partial charge < -0.3 is 19.7 Å². The van der Waals surface area contributed by atoms with Crippen molar-refractivity contribution < 1.29 is 19.7 Å². The summed E-state index contributed by atoms with van der Waals surface area (Å²) in [6.07, 6.45) is 1.65. The Kier molecular flexibility index (Phi) is 4.23. The van der Waals surface area contributed by atoms with Crippen LogP contribution in [0, 0.1) is 5.92 Å². The Morgan fingerprint density at radius 2 is 2.23 bits per heavy atom. The van der Waals surface area contributed by atoms with E-state index in [0.717, 1.165) is 0 Å². The van der Waals surface area contributed by atoms with Crippen LogP contribution in [0.25, 0.3) is 11.2 Å². The smallest absolute Gasteiger partial charge is 0.243 e. The Morgan fingerprint density at radius 1 is 1.41 bits per heavy atom. The third kappa shape index (κ3) is 2.77. The van der Waals surface area contributed by atoms with E-state index in [0.29, 0.717) is 36.0 Å². The predicted octanol–water partition coefficient (Wildman–Crippen LogP) is 0.502. The van der Waals surface area contributed by atoms with E-state index in [1.807, 2.05) is 0 Å². The van der Waals surface area contributed by atoms with E-state index < -0.39 is 18.4 Å². The van der Waals surface area contributed by atoms with Crippen LogP contribution in [0.4, 0.5) is 0 Å². The molecular formula is C14H20N4O4. The van der Waals surface area contributed by atoms with E-state index >= 15 is 0 Å². The Bertz CT molecular complexity index is 645. The van der Waals surface area contributed by atoms with Gasteiger partial charge in [-0.15, -0.1) is 0 Å². The van der Waals surface area contributed by atoms with Crippen LogP contribution in [0.2, 0.25) is 0 Å². The van der Waals surface area contributed by atoms with Crippen molar-refractivity contribution in [2.75, 3.05) is 13.2 Å². The molecule has 1 aliphatic heterocycles. The molecule has 22 heavy (non-hydrogen) atoms. The molecule has 0 unspecified atom stereocenters. The van der Waals surface area contributed by atoms with E-state index in [1.54, 1.807) is 10.9 Å². The first-order valence-electron chi connectivity index (χ1n) is 7.35. The van der Waals surface area contributed by atoms with Crippen molar-refractivity contribution in [2.24, 2.45) is 5.92 Å². The molecule has 2 aromatic heterocycles. The van der Waals surface area contributed by atoms with Crippen LogP contribution in [-0.2, 0) is 4.74 Å². The number of nitrogens with zero attached hydrogens (tertiary/aromatic N) is 4. The zero-order valence-electron chi connectivity index (χ0n) is 12.6. The highest BCUT2D eigenvalue weighted by Crippen LogP contribution is 2.33. The zero-order chi connectivity index (χ0) is 15.7. The van der Waals surface area contributed by atoms with Crippen LogP contribution in [0.15, 0.2) is 12.7 Å². The Hall–Kier alpha value is -1.77. The summed E-state index contributed by atoms with van der Waals surface area (Å²) in [5, 5.41) is 19.1. The van der Waals surface area contributed by atoms with E-state index in [9.17, 15) is 10.2 Å². The molecule has 0 aromatic carbocycles. The Balaban J connectivity index is 1.93. The van der Waals surface area contributed by atoms with Crippen molar-refractivity contribution >= 4 is 11.2 Å². The molecule has 8 heteroatoms. The largest absolute Gasteiger partial charge is 0.476 e. The monoisotopic (exact) mass is 308 g/mol. The first kappa shape index (κ1) is 15.1. The summed E-state index contributed by atoms with van der Waals surface area (Å²) in [6.45, 7) is 4.41. The van der Waals surface area contributed by atoms with Gasteiger partial charge in [0, 0.05) is 6.42 Å². The molecule has 3 atom stereocenters. The maximum Gasteiger partial charge on any atom is 0.243 e. The van der Waals surface area contributed by atoms with Crippen LogP contribution in [-0.4, -0.2) is 55.2 Å². The van der Waals surface area contributed by atoms with Crippen LogP contribution in [0.5, 0.6) is 5.88 Å². The minimum atomic E-state index is -0.711. The van der Waals surface area contributed by atoms with Gasteiger partial charge in [0.05, 0.1) is 25.6 Å². The van der Waals surface area contributed by atoms with Gasteiger partial charge in [0.1, 0.15) is 18.7 Å². The highest BCUT2D eigenvalue weighted by Gasteiger charge is 2.35. The topological polar surface area (TPSA) is 103 Å². The van der Waals surface area contributed by atoms with Gasteiger partial charge in [-0.3, -0.25) is 4.57 Å². The number of rotatable bonds is 5. The number of ether oxygens (including phenoxy) is 2. The third-order valence-corrected chi connectivity index (χ3v) is 3.58. The molecule has 0 bridgehead atoms. The van der Waals surface area contributed by atoms with Gasteiger partial charge in [0.15, 0.2) is 11.2 Å². The minimum absolute atomic E-state index is 0.225. The van der Waals surface area contributed by atoms with E-state index in [2.05, 4.69) is 28.8 Å². The lowest BCUT2D eigenvalue weighted by atomic mass is 10.2. The molecular weight excluding hydrogens is 288 g/mol. The lowest BCUT2D eigenvalue weighted by Gasteiger charge is -2.15. The summed E-state index contributed by atoms with van der Waals surface area (Å²) in [6, 6.07) is 0. The first-order valence-corrected chi connectivity index (χ1v) is 7.35. The third-order valence-electron chi connectivity index (χ3n) is 3.58. The molecule has 2 N–H and O–H groups in total. The average molecular weight is 308 g/mol. The van der Waals surface area contributed by atoms with Crippen LogP contribution < -0.4 is 4.74 Å². The lowest BCUT2D eigenvalue weighted by molar-refractivity contribution is -0.0431. The van der Waals surface area contributed by atoms with Gasteiger partial charge in [0.2, 0.25) is 5.88 Å². The van der Waals surface area contributed by atoms with E-state index in [-0.39, 0.29) is 6.61 Å². The molecule has 1 fully saturated rings. The number of hydrogen-bond acceptors (Lipinski definition) is 7. The van der Waals surface area contributed by atoms with Crippen molar-refractivity contribution in [3.63, 3.8) is 0 Å². The highest BCUT2D eigenvalue weighted by atomic mass is 16.5. The highest BCUT2D eigenvalue weighted by molar-refractivity contribution is 5.76. The molecule has 1 aliphatic rings. The number of aliphatic hydroxyl groups is 2. The first-order chi connectivity index (χ1) is 10.6. The van der Waals surface area contributed by atoms with Crippen molar-refractivity contribution in [1.29, 1.82) is 0 Å². The van der Waals surface area contributed by atoms with Gasteiger partial charge in [-0.1, -0.05) is 13.8 Å². The van der Waals surface area contributed by atoms with Gasteiger partial charge in [-0.25, -0.2) is 9.97 Å². The molecule has 3 heterocycles. The fourth-order valence-corrected chi connectivity index (χ4v) is 2.47. The molecule has 0 aliphatic carbocycles. The summed E-state index contributed by atoms with van der Waals surface area (Å²) in [5.74, 6) is 0.812. The van der Waals surface area contributed by atoms with Crippen molar-refractivity contribution in [2.45, 2.75) is 38.7 Å². The van der Waals surface area contributed by atoms with Gasteiger partial charge in [-0.05, 0) is 5.92 Å². The summed E-state index contributed by atoms with van der Waals surface area (Å²) in [5.41, 5.74) is 1.15. The molecule has 0 saturated carbocycles. The number of fused-ring (bicyclic) bond motifs is 1. The minimum Gasteiger partial charge on any atom is -0.476 e. The molecule has 8 nitrogen and oxygen atoms in total. The second-order valence-corrected chi connectivity index (χ2v) is 5.82. The van der Waals surface area contributed by atoms with Crippen molar-refractivity contribution in [3.05, 3.63) is 12.7 Å². The molecule has 0 spiro atoms. The fraction of sp³-hybridized carbons (Fsp3) is 0.643. The zero-order valence-corrected chi connectivity index (χ0v) is 12.6. The summed E-state index contributed by atoms with van der Waals surface area (Å²) < 4.78 is 13.2. The average Bonchev–Trinajstić information content (AvgIpc) is 3.08. The Labute approximate surface area is 127 Å². The Morgan fingerprint density at radius 3 is 2.91 bits per heavy atom. The SMILES string of the molecule is CC(C)COc1ncnc2ncn([C@H]3C[C@H](O)[C@@H](CO)O3)c12. The summed E-state index contributed by atoms with van der Waals surface area (Å²) in [4.78, 5) is 12.5. The second-order valence-electron chi connectivity index (χ2n) is 5.82. The summed E-state index contributed by atoms with van der Waals surface area (Å²) >= 11 is 0. The fourth-order valence-electron chi connectivity index (χ4n) is 2.47.